The molecule has 0 spiro atoms. The summed E-state index contributed by atoms with van der Waals surface area (Å²) in [5.74, 6) is 0. The van der Waals surface area contributed by atoms with Gasteiger partial charge in [-0.3, -0.25) is 9.80 Å². The minimum Gasteiger partial charge on any atom is -0.288 e. The maximum atomic E-state index is 2.70. The summed E-state index contributed by atoms with van der Waals surface area (Å²) in [6.45, 7) is 14.1. The van der Waals surface area contributed by atoms with Gasteiger partial charge < -0.3 is 0 Å². The molecule has 0 rings (SSSR count). The predicted molar refractivity (Wildman–Crippen MR) is 91.8 cm³/mol. The lowest BCUT2D eigenvalue weighted by Crippen LogP contribution is -2.49. The molecule has 3 heteroatoms. The first kappa shape index (κ1) is 18.9. The molecular formula is C16H36N2Si. The maximum absolute atomic E-state index is 2.70. The van der Waals surface area contributed by atoms with Crippen LogP contribution in [0.25, 0.3) is 0 Å². The molecule has 0 amide bonds. The standard InChI is InChI=1S/C16H36N2Si/c1-5-11-17(12-6-2)16(10-9-15-19)18(13-7-3)14-8-4/h9,15-16H,5-8,10-14H2,1-4,19H3. The summed E-state index contributed by atoms with van der Waals surface area (Å²) >= 11 is 0. The lowest BCUT2D eigenvalue weighted by atomic mass is 10.2. The zero-order valence-corrected chi connectivity index (χ0v) is 16.0. The third kappa shape index (κ3) is 7.90. The van der Waals surface area contributed by atoms with Crippen molar-refractivity contribution in [2.45, 2.75) is 66.0 Å². The molecule has 114 valence electrons. The third-order valence-corrected chi connectivity index (χ3v) is 3.94. The van der Waals surface area contributed by atoms with E-state index in [0.29, 0.717) is 6.17 Å². The minimum atomic E-state index is 0.616. The Hall–Kier alpha value is -0.123. The molecule has 0 aliphatic carbocycles. The Labute approximate surface area is 124 Å². The summed E-state index contributed by atoms with van der Waals surface area (Å²) in [6.07, 6.45) is 9.24. The van der Waals surface area contributed by atoms with Crippen molar-refractivity contribution in [1.82, 2.24) is 9.80 Å². The molecule has 0 aromatic rings. The molecule has 0 radical (unpaired) electrons. The summed E-state index contributed by atoms with van der Waals surface area (Å²) in [4.78, 5) is 5.40. The predicted octanol–water partition coefficient (Wildman–Crippen LogP) is 2.83. The minimum absolute atomic E-state index is 0.616. The van der Waals surface area contributed by atoms with Crippen LogP contribution in [0.15, 0.2) is 11.8 Å². The van der Waals surface area contributed by atoms with Crippen LogP contribution in [0.4, 0.5) is 0 Å². The lowest BCUT2D eigenvalue weighted by molar-refractivity contribution is 0.0429. The quantitative estimate of drug-likeness (QED) is 0.402. The Bertz CT molecular complexity index is 191. The van der Waals surface area contributed by atoms with Gasteiger partial charge in [0.05, 0.1) is 6.17 Å². The second-order valence-electron chi connectivity index (χ2n) is 5.36. The van der Waals surface area contributed by atoms with Gasteiger partial charge in [-0.15, -0.1) is 5.70 Å². The van der Waals surface area contributed by atoms with E-state index in [1.54, 1.807) is 0 Å². The van der Waals surface area contributed by atoms with Gasteiger partial charge >= 0.3 is 0 Å². The van der Waals surface area contributed by atoms with E-state index >= 15 is 0 Å². The van der Waals surface area contributed by atoms with Crippen molar-refractivity contribution in [2.75, 3.05) is 26.2 Å². The molecule has 0 aliphatic rings. The fraction of sp³-hybridized carbons (Fsp3) is 0.875. The van der Waals surface area contributed by atoms with E-state index in [9.17, 15) is 0 Å². The monoisotopic (exact) mass is 284 g/mol. The molecule has 0 heterocycles. The smallest absolute Gasteiger partial charge is 0.0657 e. The van der Waals surface area contributed by atoms with Crippen molar-refractivity contribution in [2.24, 2.45) is 0 Å². The van der Waals surface area contributed by atoms with Crippen molar-refractivity contribution >= 4 is 10.2 Å². The second kappa shape index (κ2) is 12.9. The molecule has 0 aromatic heterocycles. The molecule has 0 atom stereocenters. The Morgan fingerprint density at radius 1 is 0.789 bits per heavy atom. The number of hydrogen-bond donors (Lipinski definition) is 0. The van der Waals surface area contributed by atoms with E-state index in [2.05, 4.69) is 49.3 Å². The maximum Gasteiger partial charge on any atom is 0.0657 e. The average molecular weight is 285 g/mol. The largest absolute Gasteiger partial charge is 0.288 e. The highest BCUT2D eigenvalue weighted by molar-refractivity contribution is 6.16. The highest BCUT2D eigenvalue weighted by atomic mass is 28.1. The molecule has 0 saturated carbocycles. The highest BCUT2D eigenvalue weighted by Crippen LogP contribution is 2.14. The topological polar surface area (TPSA) is 6.48 Å². The molecule has 0 aliphatic heterocycles. The fourth-order valence-electron chi connectivity index (χ4n) is 2.76. The van der Waals surface area contributed by atoms with Gasteiger partial charge in [0.15, 0.2) is 0 Å². The molecule has 2 nitrogen and oxygen atoms in total. The van der Waals surface area contributed by atoms with Crippen molar-refractivity contribution < 1.29 is 0 Å². The number of rotatable bonds is 12. The van der Waals surface area contributed by atoms with E-state index in [1.807, 2.05) is 0 Å². The van der Waals surface area contributed by atoms with Crippen molar-refractivity contribution in [3.05, 3.63) is 11.8 Å². The lowest BCUT2D eigenvalue weighted by Gasteiger charge is -2.39. The van der Waals surface area contributed by atoms with Gasteiger partial charge in [0.1, 0.15) is 0 Å². The van der Waals surface area contributed by atoms with Gasteiger partial charge in [-0.1, -0.05) is 33.8 Å². The van der Waals surface area contributed by atoms with Crippen molar-refractivity contribution in [1.29, 1.82) is 0 Å². The van der Waals surface area contributed by atoms with E-state index in [0.717, 1.165) is 0 Å². The Morgan fingerprint density at radius 2 is 1.16 bits per heavy atom. The Kier molecular flexibility index (Phi) is 12.8. The summed E-state index contributed by atoms with van der Waals surface area (Å²) in [5.41, 5.74) is 2.33. The van der Waals surface area contributed by atoms with E-state index in [-0.39, 0.29) is 0 Å². The summed E-state index contributed by atoms with van der Waals surface area (Å²) in [7, 11) is 1.18. The van der Waals surface area contributed by atoms with Gasteiger partial charge in [-0.2, -0.15) is 0 Å². The first-order valence-corrected chi connectivity index (χ1v) is 9.49. The normalized spacial score (nSPS) is 12.6. The van der Waals surface area contributed by atoms with E-state index < -0.39 is 0 Å². The van der Waals surface area contributed by atoms with Crippen LogP contribution in [0.3, 0.4) is 0 Å². The van der Waals surface area contributed by atoms with Crippen LogP contribution in [-0.2, 0) is 0 Å². The van der Waals surface area contributed by atoms with Crippen LogP contribution < -0.4 is 0 Å². The molecular weight excluding hydrogens is 248 g/mol. The van der Waals surface area contributed by atoms with Gasteiger partial charge in [0.2, 0.25) is 0 Å². The van der Waals surface area contributed by atoms with E-state index in [1.165, 1.54) is 68.5 Å². The first-order chi connectivity index (χ1) is 9.24. The van der Waals surface area contributed by atoms with Gasteiger partial charge in [0.25, 0.3) is 0 Å². The third-order valence-electron chi connectivity index (χ3n) is 3.47. The summed E-state index contributed by atoms with van der Waals surface area (Å²) < 4.78 is 0. The van der Waals surface area contributed by atoms with Crippen LogP contribution in [0.2, 0.25) is 0 Å². The second-order valence-corrected chi connectivity index (χ2v) is 6.02. The Balaban J connectivity index is 4.86. The average Bonchev–Trinajstić information content (AvgIpc) is 2.40. The SMILES string of the molecule is CCCN(CCC)C(CC=C[SiH3])N(CCC)CCC. The van der Waals surface area contributed by atoms with Crippen LogP contribution in [0.1, 0.15) is 59.8 Å². The van der Waals surface area contributed by atoms with Gasteiger partial charge in [-0.25, -0.2) is 0 Å². The molecule has 0 N–H and O–H groups in total. The van der Waals surface area contributed by atoms with Crippen LogP contribution in [0.5, 0.6) is 0 Å². The van der Waals surface area contributed by atoms with Crippen LogP contribution in [-0.4, -0.2) is 52.4 Å². The number of nitrogens with zero attached hydrogens (tertiary/aromatic N) is 2. The van der Waals surface area contributed by atoms with Gasteiger partial charge in [0, 0.05) is 10.2 Å². The highest BCUT2D eigenvalue weighted by Gasteiger charge is 2.22. The first-order valence-electron chi connectivity index (χ1n) is 8.34. The van der Waals surface area contributed by atoms with Gasteiger partial charge in [-0.05, 0) is 58.3 Å². The zero-order chi connectivity index (χ0) is 14.5. The van der Waals surface area contributed by atoms with Crippen LogP contribution >= 0.6 is 0 Å². The van der Waals surface area contributed by atoms with E-state index in [4.69, 9.17) is 0 Å². The Morgan fingerprint density at radius 3 is 1.42 bits per heavy atom. The molecule has 19 heavy (non-hydrogen) atoms. The molecule has 0 saturated heterocycles. The molecule has 0 unspecified atom stereocenters. The molecule has 0 bridgehead atoms. The van der Waals surface area contributed by atoms with Crippen molar-refractivity contribution in [3.8, 4) is 0 Å². The number of hydrogen-bond acceptors (Lipinski definition) is 2. The van der Waals surface area contributed by atoms with Crippen LogP contribution in [0, 0.1) is 0 Å². The zero-order valence-electron chi connectivity index (χ0n) is 14.0. The molecule has 0 fully saturated rings. The fourth-order valence-corrected chi connectivity index (χ4v) is 3.03. The summed E-state index contributed by atoms with van der Waals surface area (Å²) in [6, 6.07) is 0. The summed E-state index contributed by atoms with van der Waals surface area (Å²) in [5, 5.41) is 0. The molecule has 0 aromatic carbocycles. The van der Waals surface area contributed by atoms with Crippen molar-refractivity contribution in [3.63, 3.8) is 0 Å².